The van der Waals surface area contributed by atoms with Crippen LogP contribution in [0.3, 0.4) is 0 Å². The molecular weight excluding hydrogens is 406 g/mol. The third-order valence-electron chi connectivity index (χ3n) is 4.90. The molecule has 0 spiro atoms. The van der Waals surface area contributed by atoms with E-state index in [0.717, 1.165) is 5.56 Å². The van der Waals surface area contributed by atoms with E-state index in [1.165, 1.54) is 24.3 Å². The lowest BCUT2D eigenvalue weighted by Gasteiger charge is -2.30. The third kappa shape index (κ3) is 5.61. The lowest BCUT2D eigenvalue weighted by atomic mass is 9.96. The van der Waals surface area contributed by atoms with Gasteiger partial charge in [-0.25, -0.2) is 0 Å². The van der Waals surface area contributed by atoms with E-state index in [-0.39, 0.29) is 29.0 Å². The van der Waals surface area contributed by atoms with Crippen molar-refractivity contribution in [1.29, 1.82) is 0 Å². The molecule has 1 aliphatic heterocycles. The van der Waals surface area contributed by atoms with Crippen LogP contribution in [0, 0.1) is 5.92 Å². The second-order valence-corrected chi connectivity index (χ2v) is 7.38. The van der Waals surface area contributed by atoms with Gasteiger partial charge in [0.15, 0.2) is 0 Å². The summed E-state index contributed by atoms with van der Waals surface area (Å²) in [6.07, 6.45) is 4.29. The third-order valence-corrected chi connectivity index (χ3v) is 5.13. The molecule has 1 heterocycles. The number of nitrogens with zero attached hydrogens (tertiary/aromatic N) is 1. The first kappa shape index (κ1) is 21.4. The molecule has 0 aromatic heterocycles. The highest BCUT2D eigenvalue weighted by molar-refractivity contribution is 6.31. The number of benzene rings is 2. The normalized spacial score (nSPS) is 14.5. The topological polar surface area (TPSA) is 98.7 Å². The van der Waals surface area contributed by atoms with Crippen molar-refractivity contribution in [2.24, 2.45) is 5.92 Å². The maximum atomic E-state index is 12.3. The predicted molar refractivity (Wildman–Crippen MR) is 114 cm³/mol. The van der Waals surface area contributed by atoms with Gasteiger partial charge in [-0.3, -0.25) is 25.2 Å². The van der Waals surface area contributed by atoms with Gasteiger partial charge in [-0.15, -0.1) is 0 Å². The molecule has 1 saturated heterocycles. The molecule has 2 aromatic rings. The molecule has 0 saturated carbocycles. The van der Waals surface area contributed by atoms with Crippen LogP contribution in [0.4, 0.5) is 0 Å². The first-order valence-electron chi connectivity index (χ1n) is 9.55. The fraction of sp³-hybridized carbons (Fsp3) is 0.227. The Morgan fingerprint density at radius 3 is 2.43 bits per heavy atom. The molecule has 0 aliphatic carbocycles. The van der Waals surface area contributed by atoms with E-state index in [1.807, 2.05) is 30.3 Å². The first-order valence-corrected chi connectivity index (χ1v) is 9.92. The van der Waals surface area contributed by atoms with Gasteiger partial charge in [0.1, 0.15) is 5.75 Å². The van der Waals surface area contributed by atoms with Crippen molar-refractivity contribution >= 4 is 35.4 Å². The number of hydrazine groups is 1. The summed E-state index contributed by atoms with van der Waals surface area (Å²) in [5.41, 5.74) is 5.58. The summed E-state index contributed by atoms with van der Waals surface area (Å²) >= 11 is 5.83. The summed E-state index contributed by atoms with van der Waals surface area (Å²) in [7, 11) is 0. The van der Waals surface area contributed by atoms with E-state index in [0.29, 0.717) is 31.0 Å². The summed E-state index contributed by atoms with van der Waals surface area (Å²) in [5, 5.41) is 10.0. The Bertz CT molecular complexity index is 954. The van der Waals surface area contributed by atoms with E-state index < -0.39 is 5.91 Å². The lowest BCUT2D eigenvalue weighted by molar-refractivity contribution is -0.132. The Morgan fingerprint density at radius 1 is 1.03 bits per heavy atom. The highest BCUT2D eigenvalue weighted by Gasteiger charge is 2.27. The minimum atomic E-state index is -0.665. The zero-order chi connectivity index (χ0) is 21.5. The van der Waals surface area contributed by atoms with Gasteiger partial charge in [-0.05, 0) is 42.7 Å². The quantitative estimate of drug-likeness (QED) is 0.516. The highest BCUT2D eigenvalue weighted by Crippen LogP contribution is 2.21. The van der Waals surface area contributed by atoms with Crippen LogP contribution in [0.1, 0.15) is 28.8 Å². The molecule has 0 unspecified atom stereocenters. The molecule has 2 aromatic carbocycles. The van der Waals surface area contributed by atoms with Gasteiger partial charge in [-0.1, -0.05) is 41.9 Å². The number of hydrogen-bond acceptors (Lipinski definition) is 4. The molecule has 0 radical (unpaired) electrons. The molecule has 0 bridgehead atoms. The summed E-state index contributed by atoms with van der Waals surface area (Å²) in [4.78, 5) is 38.5. The Kier molecular flexibility index (Phi) is 7.08. The maximum absolute atomic E-state index is 12.3. The van der Waals surface area contributed by atoms with Crippen molar-refractivity contribution in [2.45, 2.75) is 12.8 Å². The van der Waals surface area contributed by atoms with E-state index in [9.17, 15) is 19.5 Å². The van der Waals surface area contributed by atoms with Crippen molar-refractivity contribution in [1.82, 2.24) is 15.8 Å². The SMILES string of the molecule is O=C(NNC(=O)C1CCN(C(=O)/C=C/c2ccccc2)CC1)c1cc(Cl)ccc1O. The Hall–Kier alpha value is -3.32. The number of carbonyl (C=O) groups is 3. The fourth-order valence-corrected chi connectivity index (χ4v) is 3.35. The average molecular weight is 428 g/mol. The number of likely N-dealkylation sites (tertiary alicyclic amines) is 1. The van der Waals surface area contributed by atoms with Gasteiger partial charge in [0.05, 0.1) is 5.56 Å². The Labute approximate surface area is 179 Å². The molecular formula is C22H22ClN3O4. The van der Waals surface area contributed by atoms with E-state index >= 15 is 0 Å². The largest absolute Gasteiger partial charge is 0.507 e. The minimum Gasteiger partial charge on any atom is -0.507 e. The number of hydrogen-bond donors (Lipinski definition) is 3. The summed E-state index contributed by atoms with van der Waals surface area (Å²) in [6, 6.07) is 13.6. The van der Waals surface area contributed by atoms with Crippen molar-refractivity contribution in [2.75, 3.05) is 13.1 Å². The number of rotatable bonds is 4. The minimum absolute atomic E-state index is 0.0339. The maximum Gasteiger partial charge on any atom is 0.273 e. The van der Waals surface area contributed by atoms with Crippen LogP contribution in [-0.2, 0) is 9.59 Å². The van der Waals surface area contributed by atoms with E-state index in [1.54, 1.807) is 11.0 Å². The molecule has 1 aliphatic rings. The molecule has 8 heteroatoms. The average Bonchev–Trinajstić information content (AvgIpc) is 2.78. The van der Waals surface area contributed by atoms with Crippen molar-refractivity contribution < 1.29 is 19.5 Å². The van der Waals surface area contributed by atoms with Gasteiger partial charge in [0.2, 0.25) is 11.8 Å². The smallest absolute Gasteiger partial charge is 0.273 e. The van der Waals surface area contributed by atoms with Crippen LogP contribution in [0.25, 0.3) is 6.08 Å². The summed E-state index contributed by atoms with van der Waals surface area (Å²) < 4.78 is 0. The second kappa shape index (κ2) is 9.93. The van der Waals surface area contributed by atoms with Gasteiger partial charge >= 0.3 is 0 Å². The number of nitrogens with one attached hydrogen (secondary N) is 2. The molecule has 156 valence electrons. The molecule has 3 N–H and O–H groups in total. The molecule has 0 atom stereocenters. The molecule has 30 heavy (non-hydrogen) atoms. The lowest BCUT2D eigenvalue weighted by Crippen LogP contribution is -2.48. The van der Waals surface area contributed by atoms with Gasteiger partial charge < -0.3 is 10.0 Å². The first-order chi connectivity index (χ1) is 14.4. The number of phenols is 1. The number of aromatic hydroxyl groups is 1. The van der Waals surface area contributed by atoms with Crippen LogP contribution in [0.5, 0.6) is 5.75 Å². The number of amides is 3. The van der Waals surface area contributed by atoms with Crippen LogP contribution in [-0.4, -0.2) is 40.8 Å². The van der Waals surface area contributed by atoms with Gasteiger partial charge in [-0.2, -0.15) is 0 Å². The van der Waals surface area contributed by atoms with Crippen LogP contribution in [0.2, 0.25) is 5.02 Å². The van der Waals surface area contributed by atoms with Crippen LogP contribution in [0.15, 0.2) is 54.6 Å². The van der Waals surface area contributed by atoms with E-state index in [4.69, 9.17) is 11.6 Å². The second-order valence-electron chi connectivity index (χ2n) is 6.95. The number of halogens is 1. The van der Waals surface area contributed by atoms with Crippen molar-refractivity contribution in [3.05, 3.63) is 70.8 Å². The fourth-order valence-electron chi connectivity index (χ4n) is 3.18. The van der Waals surface area contributed by atoms with Gasteiger partial charge in [0, 0.05) is 30.1 Å². The molecule has 1 fully saturated rings. The van der Waals surface area contributed by atoms with Crippen LogP contribution >= 0.6 is 11.6 Å². The summed E-state index contributed by atoms with van der Waals surface area (Å²) in [5.74, 6) is -1.65. The van der Waals surface area contributed by atoms with Crippen molar-refractivity contribution in [3.8, 4) is 5.75 Å². The standard InChI is InChI=1S/C22H22ClN3O4/c23-17-7-8-19(27)18(14-17)22(30)25-24-21(29)16-10-12-26(13-11-16)20(28)9-6-15-4-2-1-3-5-15/h1-9,14,16,27H,10-13H2,(H,24,29)(H,25,30)/b9-6+. The van der Waals surface area contributed by atoms with E-state index in [2.05, 4.69) is 10.9 Å². The monoisotopic (exact) mass is 427 g/mol. The number of carbonyl (C=O) groups excluding carboxylic acids is 3. The number of phenolic OH excluding ortho intramolecular Hbond substituents is 1. The Morgan fingerprint density at radius 2 is 1.73 bits per heavy atom. The summed E-state index contributed by atoms with van der Waals surface area (Å²) in [6.45, 7) is 0.915. The predicted octanol–water partition coefficient (Wildman–Crippen LogP) is 2.76. The number of piperidine rings is 1. The highest BCUT2D eigenvalue weighted by atomic mass is 35.5. The van der Waals surface area contributed by atoms with Crippen molar-refractivity contribution in [3.63, 3.8) is 0 Å². The molecule has 3 amide bonds. The molecule has 3 rings (SSSR count). The van der Waals surface area contributed by atoms with Crippen LogP contribution < -0.4 is 10.9 Å². The van der Waals surface area contributed by atoms with Gasteiger partial charge in [0.25, 0.3) is 5.91 Å². The zero-order valence-corrected chi connectivity index (χ0v) is 16.9. The zero-order valence-electron chi connectivity index (χ0n) is 16.2. The Balaban J connectivity index is 1.46. The molecule has 7 nitrogen and oxygen atoms in total.